The second-order valence-corrected chi connectivity index (χ2v) is 9.53. The van der Waals surface area contributed by atoms with E-state index in [-0.39, 0.29) is 0 Å². The lowest BCUT2D eigenvalue weighted by molar-refractivity contribution is 0.0171. The molecule has 0 amide bonds. The van der Waals surface area contributed by atoms with E-state index in [0.29, 0.717) is 36.6 Å². The zero-order valence-corrected chi connectivity index (χ0v) is 15.9. The van der Waals surface area contributed by atoms with Crippen LogP contribution in [0, 0.1) is 6.92 Å². The summed E-state index contributed by atoms with van der Waals surface area (Å²) in [6, 6.07) is 16.7. The second kappa shape index (κ2) is 7.50. The average molecular weight is 378 g/mol. The van der Waals surface area contributed by atoms with Gasteiger partial charge in [0, 0.05) is 23.7 Å². The maximum atomic E-state index is 12.6. The van der Waals surface area contributed by atoms with Crippen molar-refractivity contribution in [2.75, 3.05) is 18.8 Å². The van der Waals surface area contributed by atoms with Crippen molar-refractivity contribution < 1.29 is 13.5 Å². The fraction of sp³-hybridized carbons (Fsp3) is 0.368. The SMILES string of the molecule is Cc1ccc(SCC2(O)CCN(S(=O)(=O)c3ccccc3)CC2)cc1. The van der Waals surface area contributed by atoms with Gasteiger partial charge in [-0.05, 0) is 44.0 Å². The maximum Gasteiger partial charge on any atom is 0.243 e. The lowest BCUT2D eigenvalue weighted by atomic mass is 9.95. The van der Waals surface area contributed by atoms with E-state index in [1.54, 1.807) is 42.1 Å². The van der Waals surface area contributed by atoms with E-state index >= 15 is 0 Å². The molecule has 0 bridgehead atoms. The van der Waals surface area contributed by atoms with Crippen molar-refractivity contribution in [2.24, 2.45) is 0 Å². The fourth-order valence-electron chi connectivity index (χ4n) is 2.88. The third-order valence-electron chi connectivity index (χ3n) is 4.56. The Morgan fingerprint density at radius 3 is 2.24 bits per heavy atom. The van der Waals surface area contributed by atoms with Crippen molar-refractivity contribution in [1.82, 2.24) is 4.31 Å². The summed E-state index contributed by atoms with van der Waals surface area (Å²) in [5, 5.41) is 10.8. The van der Waals surface area contributed by atoms with Gasteiger partial charge < -0.3 is 5.11 Å². The van der Waals surface area contributed by atoms with Gasteiger partial charge in [0.05, 0.1) is 10.5 Å². The number of rotatable bonds is 5. The quantitative estimate of drug-likeness (QED) is 0.812. The first kappa shape index (κ1) is 18.5. The van der Waals surface area contributed by atoms with Gasteiger partial charge in [-0.3, -0.25) is 0 Å². The summed E-state index contributed by atoms with van der Waals surface area (Å²) in [5.41, 5.74) is 0.389. The Balaban J connectivity index is 1.60. The molecular weight excluding hydrogens is 354 g/mol. The number of hydrogen-bond donors (Lipinski definition) is 1. The monoisotopic (exact) mass is 377 g/mol. The van der Waals surface area contributed by atoms with Gasteiger partial charge in [0.15, 0.2) is 0 Å². The molecule has 0 unspecified atom stereocenters. The molecule has 0 saturated carbocycles. The lowest BCUT2D eigenvalue weighted by Crippen LogP contribution is -2.47. The van der Waals surface area contributed by atoms with Crippen LogP contribution in [0.2, 0.25) is 0 Å². The van der Waals surface area contributed by atoms with Crippen molar-refractivity contribution in [3.8, 4) is 0 Å². The molecule has 0 atom stereocenters. The van der Waals surface area contributed by atoms with Gasteiger partial charge in [-0.2, -0.15) is 4.31 Å². The molecule has 0 radical (unpaired) electrons. The van der Waals surface area contributed by atoms with E-state index in [9.17, 15) is 13.5 Å². The van der Waals surface area contributed by atoms with E-state index in [4.69, 9.17) is 0 Å². The summed E-state index contributed by atoms with van der Waals surface area (Å²) in [5.74, 6) is 0.579. The van der Waals surface area contributed by atoms with Gasteiger partial charge in [0.1, 0.15) is 0 Å². The van der Waals surface area contributed by atoms with Crippen LogP contribution in [0.5, 0.6) is 0 Å². The predicted molar refractivity (Wildman–Crippen MR) is 101 cm³/mol. The van der Waals surface area contributed by atoms with Crippen LogP contribution in [-0.4, -0.2) is 42.3 Å². The van der Waals surface area contributed by atoms with E-state index in [1.165, 1.54) is 9.87 Å². The molecule has 1 saturated heterocycles. The first-order chi connectivity index (χ1) is 11.9. The zero-order chi connectivity index (χ0) is 17.9. The summed E-state index contributed by atoms with van der Waals surface area (Å²) in [4.78, 5) is 1.44. The molecule has 2 aromatic carbocycles. The van der Waals surface area contributed by atoms with E-state index in [0.717, 1.165) is 4.90 Å². The van der Waals surface area contributed by atoms with Crippen molar-refractivity contribution in [3.05, 3.63) is 60.2 Å². The minimum Gasteiger partial charge on any atom is -0.389 e. The summed E-state index contributed by atoms with van der Waals surface area (Å²) in [6.07, 6.45) is 0.913. The smallest absolute Gasteiger partial charge is 0.243 e. The van der Waals surface area contributed by atoms with Crippen molar-refractivity contribution >= 4 is 21.8 Å². The molecule has 1 N–H and O–H groups in total. The van der Waals surface area contributed by atoms with Crippen LogP contribution in [0.1, 0.15) is 18.4 Å². The van der Waals surface area contributed by atoms with E-state index in [1.807, 2.05) is 6.92 Å². The second-order valence-electron chi connectivity index (χ2n) is 6.54. The van der Waals surface area contributed by atoms with Gasteiger partial charge in [-0.1, -0.05) is 35.9 Å². The van der Waals surface area contributed by atoms with Gasteiger partial charge in [0.25, 0.3) is 0 Å². The Morgan fingerprint density at radius 2 is 1.64 bits per heavy atom. The number of aryl methyl sites for hydroxylation is 1. The number of nitrogens with zero attached hydrogens (tertiary/aromatic N) is 1. The molecule has 1 aliphatic rings. The van der Waals surface area contributed by atoms with Crippen molar-refractivity contribution in [3.63, 3.8) is 0 Å². The molecule has 3 rings (SSSR count). The Labute approximate surface area is 153 Å². The van der Waals surface area contributed by atoms with E-state index < -0.39 is 15.6 Å². The Morgan fingerprint density at radius 1 is 1.04 bits per heavy atom. The predicted octanol–water partition coefficient (Wildman–Crippen LogP) is 3.30. The number of benzene rings is 2. The third kappa shape index (κ3) is 4.44. The molecule has 4 nitrogen and oxygen atoms in total. The van der Waals surface area contributed by atoms with Gasteiger partial charge >= 0.3 is 0 Å². The molecule has 134 valence electrons. The summed E-state index contributed by atoms with van der Waals surface area (Å²) in [7, 11) is -3.47. The molecule has 6 heteroatoms. The highest BCUT2D eigenvalue weighted by Crippen LogP contribution is 2.32. The standard InChI is InChI=1S/C19H23NO3S2/c1-16-7-9-17(10-8-16)24-15-19(21)11-13-20(14-12-19)25(22,23)18-5-3-2-4-6-18/h2-10,21H,11-15H2,1H3. The summed E-state index contributed by atoms with van der Waals surface area (Å²) in [6.45, 7) is 2.75. The first-order valence-electron chi connectivity index (χ1n) is 8.36. The lowest BCUT2D eigenvalue weighted by Gasteiger charge is -2.37. The Hall–Kier alpha value is -1.34. The van der Waals surface area contributed by atoms with Gasteiger partial charge in [-0.15, -0.1) is 11.8 Å². The highest BCUT2D eigenvalue weighted by atomic mass is 32.2. The van der Waals surface area contributed by atoms with Gasteiger partial charge in [-0.25, -0.2) is 8.42 Å². The molecule has 1 fully saturated rings. The molecule has 1 aliphatic heterocycles. The van der Waals surface area contributed by atoms with Crippen LogP contribution >= 0.6 is 11.8 Å². The number of thioether (sulfide) groups is 1. The van der Waals surface area contributed by atoms with Crippen molar-refractivity contribution in [1.29, 1.82) is 0 Å². The van der Waals surface area contributed by atoms with Crippen LogP contribution in [0.25, 0.3) is 0 Å². The first-order valence-corrected chi connectivity index (χ1v) is 10.8. The molecule has 0 aliphatic carbocycles. The third-order valence-corrected chi connectivity index (χ3v) is 7.76. The zero-order valence-electron chi connectivity index (χ0n) is 14.3. The minimum absolute atomic E-state index is 0.314. The fourth-order valence-corrected chi connectivity index (χ4v) is 5.40. The molecule has 0 aromatic heterocycles. The minimum atomic E-state index is -3.47. The molecular formula is C19H23NO3S2. The van der Waals surface area contributed by atoms with Crippen molar-refractivity contribution in [2.45, 2.75) is 35.2 Å². The van der Waals surface area contributed by atoms with Crippen LogP contribution < -0.4 is 0 Å². The highest BCUT2D eigenvalue weighted by Gasteiger charge is 2.37. The average Bonchev–Trinajstić information content (AvgIpc) is 2.62. The van der Waals surface area contributed by atoms with Crippen LogP contribution in [0.4, 0.5) is 0 Å². The number of piperidine rings is 1. The largest absolute Gasteiger partial charge is 0.389 e. The topological polar surface area (TPSA) is 57.6 Å². The van der Waals surface area contributed by atoms with Gasteiger partial charge in [0.2, 0.25) is 10.0 Å². The Kier molecular flexibility index (Phi) is 5.53. The number of hydrogen-bond acceptors (Lipinski definition) is 4. The van der Waals surface area contributed by atoms with Crippen LogP contribution in [0.15, 0.2) is 64.4 Å². The number of sulfonamides is 1. The summed E-state index contributed by atoms with van der Waals surface area (Å²) < 4.78 is 26.8. The Bertz CT molecular complexity index is 796. The van der Waals surface area contributed by atoms with Crippen LogP contribution in [0.3, 0.4) is 0 Å². The maximum absolute atomic E-state index is 12.6. The highest BCUT2D eigenvalue weighted by molar-refractivity contribution is 7.99. The van der Waals surface area contributed by atoms with E-state index in [2.05, 4.69) is 24.3 Å². The normalized spacial score (nSPS) is 18.2. The molecule has 0 spiro atoms. The molecule has 2 aromatic rings. The van der Waals surface area contributed by atoms with Crippen LogP contribution in [-0.2, 0) is 10.0 Å². The number of aliphatic hydroxyl groups is 1. The molecule has 25 heavy (non-hydrogen) atoms. The molecule has 1 heterocycles. The summed E-state index contributed by atoms with van der Waals surface area (Å²) >= 11 is 1.62.